The molecule has 9 nitrogen and oxygen atoms in total. The number of hydrogen-bond acceptors (Lipinski definition) is 8. The van der Waals surface area contributed by atoms with E-state index in [-0.39, 0.29) is 49.5 Å². The summed E-state index contributed by atoms with van der Waals surface area (Å²) in [5.41, 5.74) is 0.152. The molecule has 0 aliphatic carbocycles. The second kappa shape index (κ2) is 12.3. The number of ether oxygens (including phenoxy) is 1. The number of halogens is 4. The largest absolute Gasteiger partial charge is 0.508 e. The maximum atomic E-state index is 15.3. The summed E-state index contributed by atoms with van der Waals surface area (Å²) in [6.45, 7) is 4.27. The molecule has 4 fully saturated rings. The van der Waals surface area contributed by atoms with Crippen LogP contribution in [-0.4, -0.2) is 120 Å². The number of piperidine rings is 1. The molecule has 48 heavy (non-hydrogen) atoms. The van der Waals surface area contributed by atoms with Crippen LogP contribution in [0, 0.1) is 24.1 Å². The fourth-order valence-electron chi connectivity index (χ4n) is 8.27. The van der Waals surface area contributed by atoms with Crippen LogP contribution in [0.3, 0.4) is 0 Å². The van der Waals surface area contributed by atoms with Gasteiger partial charge < -0.3 is 24.5 Å². The zero-order valence-electron chi connectivity index (χ0n) is 26.6. The average molecular weight is 667 g/mol. The van der Waals surface area contributed by atoms with Gasteiger partial charge in [0.15, 0.2) is 0 Å². The Morgan fingerprint density at radius 3 is 2.79 bits per heavy atom. The van der Waals surface area contributed by atoms with E-state index < -0.39 is 48.5 Å². The summed E-state index contributed by atoms with van der Waals surface area (Å²) >= 11 is 0. The number of nitrogens with zero attached hydrogens (tertiary/aromatic N) is 6. The summed E-state index contributed by atoms with van der Waals surface area (Å²) in [6.07, 6.45) is 8.33. The van der Waals surface area contributed by atoms with Gasteiger partial charge in [0.1, 0.15) is 30.2 Å². The number of carbonyl (C=O) groups is 1. The molecule has 0 saturated carbocycles. The lowest BCUT2D eigenvalue weighted by Gasteiger charge is -2.43. The Morgan fingerprint density at radius 2 is 2.00 bits per heavy atom. The van der Waals surface area contributed by atoms with E-state index in [2.05, 4.69) is 17.4 Å². The molecule has 5 aliphatic heterocycles. The van der Waals surface area contributed by atoms with Gasteiger partial charge in [-0.25, -0.2) is 22.6 Å². The monoisotopic (exact) mass is 666 g/mol. The highest BCUT2D eigenvalue weighted by molar-refractivity contribution is 6.01. The molecule has 2 unspecified atom stereocenters. The zero-order valence-corrected chi connectivity index (χ0v) is 26.6. The topological polar surface area (TPSA) is 84.2 Å². The van der Waals surface area contributed by atoms with Crippen LogP contribution in [0.1, 0.15) is 31.2 Å². The molecule has 0 bridgehead atoms. The molecule has 1 amide bonds. The van der Waals surface area contributed by atoms with Crippen molar-refractivity contribution in [2.45, 2.75) is 49.4 Å². The zero-order chi connectivity index (χ0) is 33.8. The van der Waals surface area contributed by atoms with Gasteiger partial charge in [-0.15, -0.1) is 6.42 Å². The lowest BCUT2D eigenvalue weighted by atomic mass is 9.88. The summed E-state index contributed by atoms with van der Waals surface area (Å²) in [6, 6.07) is 5.44. The number of amidine groups is 2. The van der Waals surface area contributed by atoms with Crippen LogP contribution < -0.4 is 4.90 Å². The van der Waals surface area contributed by atoms with Crippen molar-refractivity contribution >= 4 is 34.2 Å². The average Bonchev–Trinajstić information content (AvgIpc) is 3.53. The minimum atomic E-state index is -3.22. The highest BCUT2D eigenvalue weighted by Gasteiger charge is 2.50. The smallest absolute Gasteiger partial charge is 0.313 e. The molecule has 254 valence electrons. The molecule has 0 spiro atoms. The molecule has 7 rings (SSSR count). The van der Waals surface area contributed by atoms with Crippen LogP contribution in [0.25, 0.3) is 10.8 Å². The van der Waals surface area contributed by atoms with E-state index in [0.29, 0.717) is 48.2 Å². The van der Waals surface area contributed by atoms with Crippen LogP contribution in [0.15, 0.2) is 46.9 Å². The number of carbonyl (C=O) groups excluding carboxylic acids is 1. The number of aliphatic imine (C=N–C) groups is 2. The first-order chi connectivity index (χ1) is 23.0. The highest BCUT2D eigenvalue weighted by Crippen LogP contribution is 2.41. The third-order valence-electron chi connectivity index (χ3n) is 10.4. The maximum absolute atomic E-state index is 15.3. The van der Waals surface area contributed by atoms with E-state index in [1.165, 1.54) is 17.0 Å². The predicted octanol–water partition coefficient (Wildman–Crippen LogP) is 4.19. The van der Waals surface area contributed by atoms with Gasteiger partial charge in [-0.05, 0) is 49.4 Å². The Labute approximate surface area is 276 Å². The third-order valence-corrected chi connectivity index (χ3v) is 10.4. The Balaban J connectivity index is 1.22. The van der Waals surface area contributed by atoms with Crippen LogP contribution in [-0.2, 0) is 9.53 Å². The first-order valence-electron chi connectivity index (χ1n) is 16.4. The molecule has 4 atom stereocenters. The van der Waals surface area contributed by atoms with Gasteiger partial charge in [0.25, 0.3) is 5.92 Å². The number of phenolic OH excluding ortho intramolecular Hbond substituents is 1. The summed E-state index contributed by atoms with van der Waals surface area (Å²) < 4.78 is 66.3. The lowest BCUT2D eigenvalue weighted by Crippen LogP contribution is -2.54. The van der Waals surface area contributed by atoms with E-state index in [4.69, 9.17) is 21.1 Å². The molecule has 0 radical (unpaired) electrons. The SMILES string of the molecule is C#Cc1c(F)ccc2cc(O)cc(N3CCC4C(N5CCN(C(=O)C=C)CC(F)(F)C5)=NC(OC[C@@]56CCCN5C[C@H](F)C6)=NC4C3)c12. The van der Waals surface area contributed by atoms with Crippen molar-refractivity contribution in [3.05, 3.63) is 48.3 Å². The number of alkyl halides is 3. The van der Waals surface area contributed by atoms with Crippen molar-refractivity contribution < 1.29 is 32.2 Å². The van der Waals surface area contributed by atoms with Crippen molar-refractivity contribution in [3.63, 3.8) is 0 Å². The third kappa shape index (κ3) is 5.84. The molecular weight excluding hydrogens is 628 g/mol. The number of terminal acetylenes is 1. The fraction of sp³-hybridized carbons (Fsp3) is 0.514. The van der Waals surface area contributed by atoms with Gasteiger partial charge >= 0.3 is 6.02 Å². The number of fused-ring (bicyclic) bond motifs is 3. The van der Waals surface area contributed by atoms with E-state index >= 15 is 8.78 Å². The van der Waals surface area contributed by atoms with Gasteiger partial charge in [0, 0.05) is 62.2 Å². The number of rotatable bonds is 4. The standard InChI is InChI=1S/C35H38F4N6O3/c1-3-25-27(37)7-6-22-14-24(46)15-29(31(22)25)42-11-8-26-28(18-42)40-33(48-21-34-9-5-10-45(34)17-23(36)16-34)41-32(26)44-13-12-43(30(47)4-2)19-35(38,39)20-44/h1,4,6-7,14-15,23,26,28,46H,2,5,8-13,16-21H2/t23-,26?,28?,34+/m1/s1. The Kier molecular flexibility index (Phi) is 8.26. The minimum Gasteiger partial charge on any atom is -0.508 e. The molecule has 2 aromatic rings. The number of benzene rings is 2. The Hall–Kier alpha value is -4.31. The second-order valence-electron chi connectivity index (χ2n) is 13.5. The number of amides is 1. The van der Waals surface area contributed by atoms with Crippen LogP contribution >= 0.6 is 0 Å². The summed E-state index contributed by atoms with van der Waals surface area (Å²) in [4.78, 5) is 28.7. The number of phenols is 1. The van der Waals surface area contributed by atoms with Crippen LogP contribution in [0.5, 0.6) is 5.75 Å². The Bertz CT molecular complexity index is 1740. The quantitative estimate of drug-likeness (QED) is 0.300. The van der Waals surface area contributed by atoms with Crippen LogP contribution in [0.4, 0.5) is 23.2 Å². The first kappa shape index (κ1) is 32.2. The van der Waals surface area contributed by atoms with Gasteiger partial charge in [-0.3, -0.25) is 9.69 Å². The van der Waals surface area contributed by atoms with Gasteiger partial charge in [-0.2, -0.15) is 4.99 Å². The summed E-state index contributed by atoms with van der Waals surface area (Å²) in [7, 11) is 0. The molecular formula is C35H38F4N6O3. The van der Waals surface area contributed by atoms with Crippen LogP contribution in [0.2, 0.25) is 0 Å². The van der Waals surface area contributed by atoms with E-state index in [1.807, 2.05) is 4.90 Å². The second-order valence-corrected chi connectivity index (χ2v) is 13.5. The fourth-order valence-corrected chi connectivity index (χ4v) is 8.27. The maximum Gasteiger partial charge on any atom is 0.313 e. The number of anilines is 1. The first-order valence-corrected chi connectivity index (χ1v) is 16.4. The normalized spacial score (nSPS) is 28.6. The molecule has 4 saturated heterocycles. The summed E-state index contributed by atoms with van der Waals surface area (Å²) in [5, 5.41) is 11.7. The predicted molar refractivity (Wildman–Crippen MR) is 175 cm³/mol. The molecule has 2 aromatic carbocycles. The molecule has 13 heteroatoms. The Morgan fingerprint density at radius 1 is 1.17 bits per heavy atom. The van der Waals surface area contributed by atoms with Crippen molar-refractivity contribution in [3.8, 4) is 18.1 Å². The highest BCUT2D eigenvalue weighted by atomic mass is 19.3. The summed E-state index contributed by atoms with van der Waals surface area (Å²) in [5.74, 6) is -1.85. The van der Waals surface area contributed by atoms with Crippen molar-refractivity contribution in [2.24, 2.45) is 15.9 Å². The molecule has 1 N–H and O–H groups in total. The van der Waals surface area contributed by atoms with Crippen molar-refractivity contribution in [1.82, 2.24) is 14.7 Å². The lowest BCUT2D eigenvalue weighted by molar-refractivity contribution is -0.130. The van der Waals surface area contributed by atoms with Gasteiger partial charge in [0.2, 0.25) is 5.91 Å². The van der Waals surface area contributed by atoms with E-state index in [0.717, 1.165) is 30.4 Å². The van der Waals surface area contributed by atoms with Gasteiger partial charge in [0.05, 0.1) is 30.2 Å². The van der Waals surface area contributed by atoms with Gasteiger partial charge in [-0.1, -0.05) is 18.6 Å². The molecule has 5 heterocycles. The molecule has 0 aromatic heterocycles. The minimum absolute atomic E-state index is 0.0128. The number of hydrogen-bond donors (Lipinski definition) is 1. The van der Waals surface area contributed by atoms with Crippen molar-refractivity contribution in [2.75, 3.05) is 63.9 Å². The number of aromatic hydroxyl groups is 1. The van der Waals surface area contributed by atoms with E-state index in [9.17, 15) is 18.7 Å². The van der Waals surface area contributed by atoms with E-state index in [1.54, 1.807) is 12.1 Å². The molecule has 5 aliphatic rings. The van der Waals surface area contributed by atoms with Crippen molar-refractivity contribution in [1.29, 1.82) is 0 Å².